The number of hydrogen-bond acceptors (Lipinski definition) is 4. The number of aliphatic hydroxyl groups excluding tert-OH is 1. The molecule has 21 heavy (non-hydrogen) atoms. The van der Waals surface area contributed by atoms with Crippen LogP contribution in [0, 0.1) is 0 Å². The third kappa shape index (κ3) is 10.0. The maximum absolute atomic E-state index is 11.7. The molecule has 6 heteroatoms. The summed E-state index contributed by atoms with van der Waals surface area (Å²) in [6, 6.07) is -0.757. The Labute approximate surface area is 126 Å². The van der Waals surface area contributed by atoms with Crippen molar-refractivity contribution in [1.29, 1.82) is 0 Å². The van der Waals surface area contributed by atoms with Crippen molar-refractivity contribution in [2.24, 2.45) is 0 Å². The van der Waals surface area contributed by atoms with Gasteiger partial charge in [-0.05, 0) is 33.1 Å². The first-order chi connectivity index (χ1) is 9.88. The zero-order valence-corrected chi connectivity index (χ0v) is 13.2. The molecule has 0 aliphatic rings. The summed E-state index contributed by atoms with van der Waals surface area (Å²) in [5.74, 6) is -1.08. The number of aliphatic hydroxyl groups is 1. The Bertz CT molecular complexity index is 343. The molecule has 0 bridgehead atoms. The second-order valence-electron chi connectivity index (χ2n) is 5.16. The molecule has 0 aliphatic carbocycles. The van der Waals surface area contributed by atoms with Crippen molar-refractivity contribution in [3.8, 4) is 0 Å². The van der Waals surface area contributed by atoms with Crippen molar-refractivity contribution in [3.63, 3.8) is 0 Å². The molecule has 0 aromatic heterocycles. The smallest absolute Gasteiger partial charge is 0.320 e. The number of amides is 1. The first-order valence-electron chi connectivity index (χ1n) is 7.45. The number of carbonyl (C=O) groups excluding carboxylic acids is 1. The number of carboxylic acids is 1. The number of hydrogen-bond donors (Lipinski definition) is 3. The van der Waals surface area contributed by atoms with Gasteiger partial charge in [-0.3, -0.25) is 14.5 Å². The molecule has 0 fully saturated rings. The highest BCUT2D eigenvalue weighted by molar-refractivity contribution is 5.76. The summed E-state index contributed by atoms with van der Waals surface area (Å²) in [5, 5.41) is 21.1. The van der Waals surface area contributed by atoms with E-state index in [0.29, 0.717) is 6.42 Å². The van der Waals surface area contributed by atoms with Crippen LogP contribution in [-0.2, 0) is 9.59 Å². The molecule has 0 aromatic carbocycles. The lowest BCUT2D eigenvalue weighted by Crippen LogP contribution is -2.48. The summed E-state index contributed by atoms with van der Waals surface area (Å²) in [6.07, 6.45) is 6.52. The van der Waals surface area contributed by atoms with Gasteiger partial charge >= 0.3 is 5.97 Å². The van der Waals surface area contributed by atoms with E-state index in [1.165, 1.54) is 11.8 Å². The van der Waals surface area contributed by atoms with Crippen LogP contribution in [-0.4, -0.2) is 52.3 Å². The molecule has 0 radical (unpaired) electrons. The maximum atomic E-state index is 11.7. The lowest BCUT2D eigenvalue weighted by molar-refractivity contribution is -0.143. The van der Waals surface area contributed by atoms with Crippen molar-refractivity contribution in [1.82, 2.24) is 10.2 Å². The third-order valence-electron chi connectivity index (χ3n) is 3.06. The molecular weight excluding hydrogens is 272 g/mol. The Balaban J connectivity index is 4.13. The molecule has 3 N–H and O–H groups in total. The molecule has 6 nitrogen and oxygen atoms in total. The van der Waals surface area contributed by atoms with Gasteiger partial charge < -0.3 is 15.5 Å². The first kappa shape index (κ1) is 19.6. The van der Waals surface area contributed by atoms with Gasteiger partial charge in [0.05, 0.1) is 12.8 Å². The van der Waals surface area contributed by atoms with Crippen LogP contribution in [0.1, 0.15) is 46.5 Å². The summed E-state index contributed by atoms with van der Waals surface area (Å²) in [6.45, 7) is 5.51. The summed E-state index contributed by atoms with van der Waals surface area (Å²) in [5.41, 5.74) is 0. The summed E-state index contributed by atoms with van der Waals surface area (Å²) in [7, 11) is 0. The normalized spacial score (nSPS) is 14.3. The molecule has 0 saturated heterocycles. The molecule has 0 saturated carbocycles. The number of nitrogens with one attached hydrogen (secondary N) is 1. The fourth-order valence-electron chi connectivity index (χ4n) is 1.80. The van der Waals surface area contributed by atoms with Gasteiger partial charge in [0, 0.05) is 13.0 Å². The fraction of sp³-hybridized carbons (Fsp3) is 0.733. The molecule has 0 aromatic rings. The number of aliphatic carboxylic acids is 1. The van der Waals surface area contributed by atoms with Crippen LogP contribution in [0.15, 0.2) is 12.2 Å². The highest BCUT2D eigenvalue weighted by Gasteiger charge is 2.21. The number of unbranched alkanes of at least 4 members (excludes halogenated alkanes) is 1. The predicted octanol–water partition coefficient (Wildman–Crippen LogP) is 1.35. The van der Waals surface area contributed by atoms with Crippen molar-refractivity contribution >= 4 is 11.9 Å². The van der Waals surface area contributed by atoms with Gasteiger partial charge in [-0.25, -0.2) is 0 Å². The zero-order valence-electron chi connectivity index (χ0n) is 13.2. The molecule has 1 amide bonds. The number of carboxylic acid groups (broad SMARTS) is 1. The minimum Gasteiger partial charge on any atom is -0.480 e. The van der Waals surface area contributed by atoms with Crippen LogP contribution in [0.3, 0.4) is 0 Å². The summed E-state index contributed by atoms with van der Waals surface area (Å²) >= 11 is 0. The molecule has 122 valence electrons. The maximum Gasteiger partial charge on any atom is 0.320 e. The van der Waals surface area contributed by atoms with Crippen LogP contribution < -0.4 is 5.32 Å². The number of nitrogens with zero attached hydrogens (tertiary/aromatic N) is 1. The molecule has 0 spiro atoms. The summed E-state index contributed by atoms with van der Waals surface area (Å²) in [4.78, 5) is 24.2. The first-order valence-corrected chi connectivity index (χ1v) is 7.45. The van der Waals surface area contributed by atoms with E-state index in [-0.39, 0.29) is 19.1 Å². The van der Waals surface area contributed by atoms with E-state index in [2.05, 4.69) is 24.4 Å². The van der Waals surface area contributed by atoms with Crippen LogP contribution >= 0.6 is 0 Å². The Morgan fingerprint density at radius 3 is 2.48 bits per heavy atom. The van der Waals surface area contributed by atoms with Gasteiger partial charge in [0.25, 0.3) is 0 Å². The van der Waals surface area contributed by atoms with E-state index in [4.69, 9.17) is 5.11 Å². The van der Waals surface area contributed by atoms with Crippen LogP contribution in [0.25, 0.3) is 0 Å². The Hall–Kier alpha value is -1.40. The van der Waals surface area contributed by atoms with Crippen LogP contribution in [0.5, 0.6) is 0 Å². The lowest BCUT2D eigenvalue weighted by atomic mass is 10.2. The SMILES string of the molecule is CC/C=C/CCCC(=O)NCN(CC(C)O)C(C)C(=O)O. The van der Waals surface area contributed by atoms with Crippen molar-refractivity contribution in [2.75, 3.05) is 13.2 Å². The number of rotatable bonds is 11. The van der Waals surface area contributed by atoms with Gasteiger partial charge in [0.15, 0.2) is 0 Å². The minimum atomic E-state index is -0.977. The average molecular weight is 300 g/mol. The predicted molar refractivity (Wildman–Crippen MR) is 81.8 cm³/mol. The quantitative estimate of drug-likeness (QED) is 0.304. The van der Waals surface area contributed by atoms with Gasteiger partial charge in [0.1, 0.15) is 6.04 Å². The molecule has 2 unspecified atom stereocenters. The van der Waals surface area contributed by atoms with E-state index in [1.54, 1.807) is 6.92 Å². The number of carbonyl (C=O) groups is 2. The van der Waals surface area contributed by atoms with Gasteiger partial charge in [-0.2, -0.15) is 0 Å². The van der Waals surface area contributed by atoms with Crippen molar-refractivity contribution < 1.29 is 19.8 Å². The standard InChI is InChI=1S/C15H28N2O4/c1-4-5-6-7-8-9-14(19)16-11-17(10-12(2)18)13(3)15(20)21/h5-6,12-13,18H,4,7-11H2,1-3H3,(H,16,19)(H,20,21)/b6-5+. The van der Waals surface area contributed by atoms with Crippen molar-refractivity contribution in [3.05, 3.63) is 12.2 Å². The zero-order chi connectivity index (χ0) is 16.3. The lowest BCUT2D eigenvalue weighted by Gasteiger charge is -2.27. The van der Waals surface area contributed by atoms with E-state index < -0.39 is 18.1 Å². The van der Waals surface area contributed by atoms with Gasteiger partial charge in [-0.15, -0.1) is 0 Å². The van der Waals surface area contributed by atoms with Crippen LogP contribution in [0.4, 0.5) is 0 Å². The summed E-state index contributed by atoms with van der Waals surface area (Å²) < 4.78 is 0. The number of allylic oxidation sites excluding steroid dienone is 2. The highest BCUT2D eigenvalue weighted by Crippen LogP contribution is 2.01. The topological polar surface area (TPSA) is 89.9 Å². The molecule has 0 heterocycles. The van der Waals surface area contributed by atoms with Crippen molar-refractivity contribution in [2.45, 2.75) is 58.6 Å². The monoisotopic (exact) mass is 300 g/mol. The molecule has 2 atom stereocenters. The second kappa shape index (κ2) is 11.3. The van der Waals surface area contributed by atoms with Crippen LogP contribution in [0.2, 0.25) is 0 Å². The molecule has 0 rings (SSSR count). The van der Waals surface area contributed by atoms with E-state index >= 15 is 0 Å². The molecule has 0 aliphatic heterocycles. The average Bonchev–Trinajstić information content (AvgIpc) is 2.41. The van der Waals surface area contributed by atoms with E-state index in [0.717, 1.165) is 19.3 Å². The third-order valence-corrected chi connectivity index (χ3v) is 3.06. The van der Waals surface area contributed by atoms with Gasteiger partial charge in [0.2, 0.25) is 5.91 Å². The van der Waals surface area contributed by atoms with E-state index in [9.17, 15) is 14.7 Å². The Kier molecular flexibility index (Phi) is 10.5. The molecular formula is C15H28N2O4. The van der Waals surface area contributed by atoms with E-state index in [1.807, 2.05) is 0 Å². The van der Waals surface area contributed by atoms with Gasteiger partial charge in [-0.1, -0.05) is 19.1 Å². The Morgan fingerprint density at radius 2 is 1.95 bits per heavy atom. The highest BCUT2D eigenvalue weighted by atomic mass is 16.4. The Morgan fingerprint density at radius 1 is 1.29 bits per heavy atom. The fourth-order valence-corrected chi connectivity index (χ4v) is 1.80. The largest absolute Gasteiger partial charge is 0.480 e. The minimum absolute atomic E-state index is 0.104. The second-order valence-corrected chi connectivity index (χ2v) is 5.16.